The molecule has 0 aliphatic carbocycles. The fourth-order valence-corrected chi connectivity index (χ4v) is 3.33. The second-order valence-electron chi connectivity index (χ2n) is 3.67. The topological polar surface area (TPSA) is 24.9 Å². The Morgan fingerprint density at radius 1 is 1.38 bits per heavy atom. The van der Waals surface area contributed by atoms with Crippen LogP contribution < -0.4 is 5.32 Å². The molecule has 2 aromatic rings. The van der Waals surface area contributed by atoms with E-state index in [1.807, 2.05) is 24.5 Å². The Bertz CT molecular complexity index is 445. The van der Waals surface area contributed by atoms with Gasteiger partial charge in [0.15, 0.2) is 0 Å². The summed E-state index contributed by atoms with van der Waals surface area (Å²) in [7, 11) is 0. The van der Waals surface area contributed by atoms with Gasteiger partial charge in [0.2, 0.25) is 0 Å². The van der Waals surface area contributed by atoms with E-state index < -0.39 is 0 Å². The van der Waals surface area contributed by atoms with Crippen molar-refractivity contribution in [3.05, 3.63) is 38.0 Å². The molecule has 2 rings (SSSR count). The van der Waals surface area contributed by atoms with Gasteiger partial charge < -0.3 is 5.32 Å². The van der Waals surface area contributed by atoms with Crippen LogP contribution in [0, 0.1) is 6.92 Å². The van der Waals surface area contributed by atoms with E-state index in [1.54, 1.807) is 11.3 Å². The summed E-state index contributed by atoms with van der Waals surface area (Å²) in [5.41, 5.74) is 1.47. The number of aryl methyl sites for hydroxylation is 2. The highest BCUT2D eigenvalue weighted by atomic mass is 32.1. The fourth-order valence-electron chi connectivity index (χ4n) is 1.62. The SMILES string of the molecule is CCc1ccsc1CNCc1cnc(C)s1. The molecule has 0 unspecified atom stereocenters. The highest BCUT2D eigenvalue weighted by Gasteiger charge is 2.02. The molecule has 0 amide bonds. The van der Waals surface area contributed by atoms with Crippen molar-refractivity contribution in [2.24, 2.45) is 0 Å². The van der Waals surface area contributed by atoms with Crippen molar-refractivity contribution in [2.75, 3.05) is 0 Å². The van der Waals surface area contributed by atoms with E-state index in [0.29, 0.717) is 0 Å². The molecule has 0 atom stereocenters. The maximum Gasteiger partial charge on any atom is 0.0897 e. The van der Waals surface area contributed by atoms with E-state index in [0.717, 1.165) is 24.5 Å². The molecule has 1 N–H and O–H groups in total. The molecule has 16 heavy (non-hydrogen) atoms. The van der Waals surface area contributed by atoms with E-state index in [1.165, 1.54) is 15.3 Å². The number of rotatable bonds is 5. The van der Waals surface area contributed by atoms with Crippen molar-refractivity contribution in [2.45, 2.75) is 33.4 Å². The fraction of sp³-hybridized carbons (Fsp3) is 0.417. The van der Waals surface area contributed by atoms with Gasteiger partial charge in [0.25, 0.3) is 0 Å². The first-order valence-corrected chi connectivity index (χ1v) is 7.16. The summed E-state index contributed by atoms with van der Waals surface area (Å²) in [5.74, 6) is 0. The first kappa shape index (κ1) is 11.8. The molecular formula is C12H16N2S2. The first-order chi connectivity index (χ1) is 7.79. The van der Waals surface area contributed by atoms with Gasteiger partial charge in [-0.2, -0.15) is 0 Å². The van der Waals surface area contributed by atoms with Gasteiger partial charge >= 0.3 is 0 Å². The minimum absolute atomic E-state index is 0.923. The lowest BCUT2D eigenvalue weighted by molar-refractivity contribution is 0.703. The van der Waals surface area contributed by atoms with Gasteiger partial charge in [-0.1, -0.05) is 6.92 Å². The third kappa shape index (κ3) is 2.90. The van der Waals surface area contributed by atoms with E-state index >= 15 is 0 Å². The smallest absolute Gasteiger partial charge is 0.0897 e. The third-order valence-corrected chi connectivity index (χ3v) is 4.35. The molecular weight excluding hydrogens is 236 g/mol. The molecule has 0 aromatic carbocycles. The van der Waals surface area contributed by atoms with Crippen LogP contribution >= 0.6 is 22.7 Å². The second-order valence-corrected chi connectivity index (χ2v) is 5.99. The van der Waals surface area contributed by atoms with Crippen LogP contribution in [0.4, 0.5) is 0 Å². The average molecular weight is 252 g/mol. The van der Waals surface area contributed by atoms with Crippen LogP contribution in [0.2, 0.25) is 0 Å². The van der Waals surface area contributed by atoms with Crippen molar-refractivity contribution in [3.8, 4) is 0 Å². The summed E-state index contributed by atoms with van der Waals surface area (Å²) >= 11 is 3.60. The average Bonchev–Trinajstić information content (AvgIpc) is 2.87. The third-order valence-electron chi connectivity index (χ3n) is 2.47. The molecule has 0 spiro atoms. The molecule has 0 saturated carbocycles. The van der Waals surface area contributed by atoms with Crippen LogP contribution in [0.15, 0.2) is 17.6 Å². The monoisotopic (exact) mass is 252 g/mol. The van der Waals surface area contributed by atoms with E-state index in [9.17, 15) is 0 Å². The Morgan fingerprint density at radius 2 is 2.25 bits per heavy atom. The number of aromatic nitrogens is 1. The lowest BCUT2D eigenvalue weighted by Gasteiger charge is -2.02. The lowest BCUT2D eigenvalue weighted by Crippen LogP contribution is -2.11. The zero-order valence-corrected chi connectivity index (χ0v) is 11.3. The van der Waals surface area contributed by atoms with Gasteiger partial charge in [0.1, 0.15) is 0 Å². The maximum atomic E-state index is 4.25. The van der Waals surface area contributed by atoms with Gasteiger partial charge in [-0.15, -0.1) is 22.7 Å². The second kappa shape index (κ2) is 5.57. The Kier molecular flexibility index (Phi) is 4.09. The summed E-state index contributed by atoms with van der Waals surface area (Å²) < 4.78 is 0. The zero-order valence-electron chi connectivity index (χ0n) is 9.62. The van der Waals surface area contributed by atoms with Crippen LogP contribution in [0.3, 0.4) is 0 Å². The standard InChI is InChI=1S/C12H16N2S2/c1-3-10-4-5-15-12(10)8-13-6-11-7-14-9(2)16-11/h4-5,7,13H,3,6,8H2,1-2H3. The van der Waals surface area contributed by atoms with Crippen molar-refractivity contribution in [1.29, 1.82) is 0 Å². The summed E-state index contributed by atoms with van der Waals surface area (Å²) in [6.07, 6.45) is 3.09. The molecule has 2 heterocycles. The van der Waals surface area contributed by atoms with Gasteiger partial charge in [-0.05, 0) is 30.4 Å². The highest BCUT2D eigenvalue weighted by Crippen LogP contribution is 2.17. The largest absolute Gasteiger partial charge is 0.307 e. The van der Waals surface area contributed by atoms with E-state index in [4.69, 9.17) is 0 Å². The summed E-state index contributed by atoms with van der Waals surface area (Å²) in [6, 6.07) is 2.22. The van der Waals surface area contributed by atoms with Gasteiger partial charge in [-0.25, -0.2) is 4.98 Å². The van der Waals surface area contributed by atoms with Crippen LogP contribution in [-0.4, -0.2) is 4.98 Å². The first-order valence-electron chi connectivity index (χ1n) is 5.47. The lowest BCUT2D eigenvalue weighted by atomic mass is 10.2. The van der Waals surface area contributed by atoms with Crippen molar-refractivity contribution < 1.29 is 0 Å². The number of hydrogen-bond donors (Lipinski definition) is 1. The van der Waals surface area contributed by atoms with Gasteiger partial charge in [-0.3, -0.25) is 0 Å². The predicted molar refractivity (Wildman–Crippen MR) is 71.1 cm³/mol. The minimum Gasteiger partial charge on any atom is -0.307 e. The molecule has 4 heteroatoms. The van der Waals surface area contributed by atoms with Gasteiger partial charge in [0.05, 0.1) is 5.01 Å². The van der Waals surface area contributed by atoms with Gasteiger partial charge in [0, 0.05) is 29.0 Å². The molecule has 2 aromatic heterocycles. The van der Waals surface area contributed by atoms with Crippen LogP contribution in [0.5, 0.6) is 0 Å². The molecule has 2 nitrogen and oxygen atoms in total. The van der Waals surface area contributed by atoms with Crippen molar-refractivity contribution in [1.82, 2.24) is 10.3 Å². The number of thiazole rings is 1. The van der Waals surface area contributed by atoms with E-state index in [2.05, 4.69) is 28.7 Å². The summed E-state index contributed by atoms with van der Waals surface area (Å²) in [4.78, 5) is 7.02. The van der Waals surface area contributed by atoms with Crippen LogP contribution in [0.25, 0.3) is 0 Å². The van der Waals surface area contributed by atoms with E-state index in [-0.39, 0.29) is 0 Å². The molecule has 0 bridgehead atoms. The Hall–Kier alpha value is -0.710. The van der Waals surface area contributed by atoms with Crippen LogP contribution in [0.1, 0.15) is 27.2 Å². The molecule has 86 valence electrons. The van der Waals surface area contributed by atoms with Crippen LogP contribution in [-0.2, 0) is 19.5 Å². The summed E-state index contributed by atoms with van der Waals surface area (Å²) in [5, 5.41) is 6.79. The number of nitrogens with zero attached hydrogens (tertiary/aromatic N) is 1. The molecule has 0 aliphatic heterocycles. The molecule has 0 fully saturated rings. The molecule has 0 saturated heterocycles. The maximum absolute atomic E-state index is 4.25. The summed E-state index contributed by atoms with van der Waals surface area (Å²) in [6.45, 7) is 6.14. The predicted octanol–water partition coefficient (Wildman–Crippen LogP) is 3.37. The Balaban J connectivity index is 1.84. The number of hydrogen-bond acceptors (Lipinski definition) is 4. The van der Waals surface area contributed by atoms with Crippen molar-refractivity contribution in [3.63, 3.8) is 0 Å². The number of nitrogens with one attached hydrogen (secondary N) is 1. The number of thiophene rings is 1. The molecule has 0 radical (unpaired) electrons. The minimum atomic E-state index is 0.923. The highest BCUT2D eigenvalue weighted by molar-refractivity contribution is 7.11. The van der Waals surface area contributed by atoms with Crippen molar-refractivity contribution >= 4 is 22.7 Å². The molecule has 0 aliphatic rings. The Labute approximate surface area is 104 Å². The normalized spacial score (nSPS) is 10.9. The zero-order chi connectivity index (χ0) is 11.4. The Morgan fingerprint density at radius 3 is 2.94 bits per heavy atom. The quantitative estimate of drug-likeness (QED) is 0.882.